The summed E-state index contributed by atoms with van der Waals surface area (Å²) < 4.78 is 10.8. The van der Waals surface area contributed by atoms with E-state index in [-0.39, 0.29) is 11.9 Å². The molecule has 42 heavy (non-hydrogen) atoms. The average Bonchev–Trinajstić information content (AvgIpc) is 3.54. The molecule has 1 saturated heterocycles. The molecule has 8 heteroatoms. The van der Waals surface area contributed by atoms with E-state index in [4.69, 9.17) is 9.15 Å². The molecule has 1 fully saturated rings. The quantitative estimate of drug-likeness (QED) is 0.282. The van der Waals surface area contributed by atoms with Crippen LogP contribution in [-0.2, 0) is 0 Å². The number of nitrogens with one attached hydrogen (secondary N) is 1. The molecule has 1 N–H and O–H groups in total. The van der Waals surface area contributed by atoms with Crippen molar-refractivity contribution in [2.24, 2.45) is 0 Å². The molecule has 2 aromatic carbocycles. The molecule has 0 bridgehead atoms. The fourth-order valence-electron chi connectivity index (χ4n) is 5.26. The van der Waals surface area contributed by atoms with E-state index in [2.05, 4.69) is 56.1 Å². The largest absolute Gasteiger partial charge is 0.496 e. The molecule has 3 amide bonds. The van der Waals surface area contributed by atoms with Crippen LogP contribution >= 0.6 is 0 Å². The van der Waals surface area contributed by atoms with Crippen LogP contribution in [-0.4, -0.2) is 79.6 Å². The minimum atomic E-state index is -0.146. The summed E-state index contributed by atoms with van der Waals surface area (Å²) in [5.41, 5.74) is 4.23. The lowest BCUT2D eigenvalue weighted by Gasteiger charge is -2.36. The molecule has 4 rings (SSSR count). The lowest BCUT2D eigenvalue weighted by atomic mass is 9.93. The Morgan fingerprint density at radius 3 is 2.26 bits per heavy atom. The highest BCUT2D eigenvalue weighted by atomic mass is 16.5. The third kappa shape index (κ3) is 7.82. The van der Waals surface area contributed by atoms with Crippen LogP contribution in [0.3, 0.4) is 0 Å². The molecule has 0 spiro atoms. The van der Waals surface area contributed by atoms with Gasteiger partial charge in [0, 0.05) is 57.1 Å². The van der Waals surface area contributed by atoms with Crippen molar-refractivity contribution in [3.8, 4) is 5.75 Å². The average molecular weight is 573 g/mol. The molecular weight excluding hydrogens is 528 g/mol. The van der Waals surface area contributed by atoms with E-state index in [9.17, 15) is 9.59 Å². The first-order chi connectivity index (χ1) is 20.3. The van der Waals surface area contributed by atoms with Crippen molar-refractivity contribution in [1.29, 1.82) is 0 Å². The smallest absolute Gasteiger partial charge is 0.321 e. The Labute approximate surface area is 249 Å². The SMILES string of the molecule is COc1ccccc1/C=C/CN(CCN1CCN(C(=O)Nc2c(C(C)C)cccc2C(C)C)CC1)C(=O)c1ccco1. The Balaban J connectivity index is 1.35. The Hall–Kier alpha value is -4.04. The zero-order valence-corrected chi connectivity index (χ0v) is 25.5. The minimum Gasteiger partial charge on any atom is -0.496 e. The number of rotatable bonds is 11. The van der Waals surface area contributed by atoms with Crippen molar-refractivity contribution < 1.29 is 18.7 Å². The van der Waals surface area contributed by atoms with Gasteiger partial charge < -0.3 is 24.3 Å². The summed E-state index contributed by atoms with van der Waals surface area (Å²) in [5.74, 6) is 1.59. The molecule has 3 aromatic rings. The van der Waals surface area contributed by atoms with Gasteiger partial charge in [-0.25, -0.2) is 4.79 Å². The molecule has 224 valence electrons. The lowest BCUT2D eigenvalue weighted by molar-refractivity contribution is 0.0708. The Kier molecular flexibility index (Phi) is 10.8. The second-order valence-electron chi connectivity index (χ2n) is 11.3. The molecule has 2 heterocycles. The van der Waals surface area contributed by atoms with Crippen LogP contribution in [0.2, 0.25) is 0 Å². The summed E-state index contributed by atoms with van der Waals surface area (Å²) >= 11 is 0. The van der Waals surface area contributed by atoms with Crippen LogP contribution in [0, 0.1) is 0 Å². The summed E-state index contributed by atoms with van der Waals surface area (Å²) in [6, 6.07) is 17.4. The fourth-order valence-corrected chi connectivity index (χ4v) is 5.26. The Bertz CT molecular complexity index is 1320. The van der Waals surface area contributed by atoms with Crippen molar-refractivity contribution in [1.82, 2.24) is 14.7 Å². The number of methoxy groups -OCH3 is 1. The molecule has 8 nitrogen and oxygen atoms in total. The molecule has 0 aliphatic carbocycles. The van der Waals surface area contributed by atoms with Crippen molar-refractivity contribution >= 4 is 23.7 Å². The second-order valence-corrected chi connectivity index (χ2v) is 11.3. The topological polar surface area (TPSA) is 78.3 Å². The van der Waals surface area contributed by atoms with Gasteiger partial charge in [-0.3, -0.25) is 9.69 Å². The molecule has 0 unspecified atom stereocenters. The highest BCUT2D eigenvalue weighted by Crippen LogP contribution is 2.32. The van der Waals surface area contributed by atoms with E-state index >= 15 is 0 Å². The van der Waals surface area contributed by atoms with Crippen LogP contribution in [0.1, 0.15) is 66.8 Å². The van der Waals surface area contributed by atoms with Crippen molar-refractivity contribution in [3.63, 3.8) is 0 Å². The molecule has 1 aromatic heterocycles. The number of urea groups is 1. The number of ether oxygens (including phenoxy) is 1. The summed E-state index contributed by atoms with van der Waals surface area (Å²) in [4.78, 5) is 32.5. The number of para-hydroxylation sites is 2. The standard InChI is InChI=1S/C34H44N4O4/c1-25(2)28-13-8-14-29(26(3)4)32(28)35-34(40)38-22-19-36(20-23-38)18-21-37(33(39)31-16-10-24-42-31)17-9-12-27-11-6-7-15-30(27)41-5/h6-16,24-26H,17-23H2,1-5H3,(H,35,40)/b12-9+. The summed E-state index contributed by atoms with van der Waals surface area (Å²) in [7, 11) is 1.65. The van der Waals surface area contributed by atoms with Crippen molar-refractivity contribution in [2.75, 3.05) is 58.2 Å². The highest BCUT2D eigenvalue weighted by Gasteiger charge is 2.25. The second kappa shape index (κ2) is 14.7. The molecule has 1 aliphatic heterocycles. The molecule has 0 saturated carbocycles. The number of furan rings is 1. The van der Waals surface area contributed by atoms with Gasteiger partial charge in [-0.05, 0) is 41.2 Å². The van der Waals surface area contributed by atoms with E-state index in [1.54, 1.807) is 24.1 Å². The normalized spacial score (nSPS) is 14.1. The van der Waals surface area contributed by atoms with Gasteiger partial charge in [0.25, 0.3) is 5.91 Å². The summed E-state index contributed by atoms with van der Waals surface area (Å²) in [6.07, 6.45) is 5.46. The number of nitrogens with zero attached hydrogens (tertiary/aromatic N) is 3. The lowest BCUT2D eigenvalue weighted by Crippen LogP contribution is -2.51. The third-order valence-corrected chi connectivity index (χ3v) is 7.73. The van der Waals surface area contributed by atoms with Gasteiger partial charge in [0.15, 0.2) is 5.76 Å². The molecule has 1 aliphatic rings. The van der Waals surface area contributed by atoms with Gasteiger partial charge in [0.1, 0.15) is 5.75 Å². The number of carbonyl (C=O) groups excluding carboxylic acids is 2. The number of anilines is 1. The first kappa shape index (κ1) is 30.9. The van der Waals surface area contributed by atoms with E-state index in [1.165, 1.54) is 6.26 Å². The zero-order chi connectivity index (χ0) is 30.1. The van der Waals surface area contributed by atoms with Gasteiger partial charge in [-0.15, -0.1) is 0 Å². The zero-order valence-electron chi connectivity index (χ0n) is 25.5. The van der Waals surface area contributed by atoms with Crippen LogP contribution in [0.15, 0.2) is 71.4 Å². The highest BCUT2D eigenvalue weighted by molar-refractivity contribution is 5.92. The number of amides is 3. The van der Waals surface area contributed by atoms with Crippen molar-refractivity contribution in [3.05, 3.63) is 89.4 Å². The number of hydrogen-bond acceptors (Lipinski definition) is 5. The number of hydrogen-bond donors (Lipinski definition) is 1. The van der Waals surface area contributed by atoms with Gasteiger partial charge in [-0.1, -0.05) is 76.2 Å². The van der Waals surface area contributed by atoms with Crippen LogP contribution in [0.25, 0.3) is 6.08 Å². The van der Waals surface area contributed by atoms with E-state index < -0.39 is 0 Å². The van der Waals surface area contributed by atoms with Gasteiger partial charge in [-0.2, -0.15) is 0 Å². The maximum Gasteiger partial charge on any atom is 0.321 e. The number of piperazine rings is 1. The van der Waals surface area contributed by atoms with Gasteiger partial charge in [0.2, 0.25) is 0 Å². The molecular formula is C34H44N4O4. The maximum absolute atomic E-state index is 13.3. The summed E-state index contributed by atoms with van der Waals surface area (Å²) in [6.45, 7) is 13.1. The van der Waals surface area contributed by atoms with Crippen LogP contribution in [0.5, 0.6) is 5.75 Å². The van der Waals surface area contributed by atoms with E-state index in [1.807, 2.05) is 41.3 Å². The summed E-state index contributed by atoms with van der Waals surface area (Å²) in [5, 5.41) is 3.24. The van der Waals surface area contributed by atoms with E-state index in [0.717, 1.165) is 41.2 Å². The van der Waals surface area contributed by atoms with E-state index in [0.29, 0.717) is 50.3 Å². The monoisotopic (exact) mass is 572 g/mol. The predicted octanol–water partition coefficient (Wildman–Crippen LogP) is 6.54. The van der Waals surface area contributed by atoms with Crippen molar-refractivity contribution in [2.45, 2.75) is 39.5 Å². The number of carbonyl (C=O) groups is 2. The molecule has 0 radical (unpaired) electrons. The third-order valence-electron chi connectivity index (χ3n) is 7.73. The van der Waals surface area contributed by atoms with Crippen LogP contribution in [0.4, 0.5) is 10.5 Å². The molecule has 0 atom stereocenters. The number of benzene rings is 2. The van der Waals surface area contributed by atoms with Gasteiger partial charge in [0.05, 0.1) is 13.4 Å². The first-order valence-corrected chi connectivity index (χ1v) is 14.8. The van der Waals surface area contributed by atoms with Gasteiger partial charge >= 0.3 is 6.03 Å². The first-order valence-electron chi connectivity index (χ1n) is 14.8. The maximum atomic E-state index is 13.3. The predicted molar refractivity (Wildman–Crippen MR) is 168 cm³/mol. The Morgan fingerprint density at radius 1 is 0.952 bits per heavy atom. The van der Waals surface area contributed by atoms with Crippen LogP contribution < -0.4 is 10.1 Å². The Morgan fingerprint density at radius 2 is 1.64 bits per heavy atom. The minimum absolute atomic E-state index is 0.0549. The fraction of sp³-hybridized carbons (Fsp3) is 0.412.